The van der Waals surface area contributed by atoms with E-state index in [-0.39, 0.29) is 10.6 Å². The van der Waals surface area contributed by atoms with Crippen molar-refractivity contribution in [2.75, 3.05) is 0 Å². The molecule has 1 nitrogen and oxygen atoms in total. The Hall–Kier alpha value is -0.830. The van der Waals surface area contributed by atoms with Crippen LogP contribution in [-0.4, -0.2) is 10.6 Å². The summed E-state index contributed by atoms with van der Waals surface area (Å²) in [5, 5.41) is 1.26. The van der Waals surface area contributed by atoms with Crippen molar-refractivity contribution < 1.29 is 4.79 Å². The molecule has 2 aromatic carbocycles. The average molecular weight is 358 g/mol. The van der Waals surface area contributed by atoms with E-state index < -0.39 is 0 Å². The zero-order chi connectivity index (χ0) is 13.8. The van der Waals surface area contributed by atoms with Gasteiger partial charge in [0.15, 0.2) is 5.78 Å². The fourth-order valence-corrected chi connectivity index (χ4v) is 2.70. The number of rotatable bonds is 4. The van der Waals surface area contributed by atoms with Gasteiger partial charge in [0, 0.05) is 15.6 Å². The minimum atomic E-state index is -0.271. The Bertz CT molecular complexity index is 581. The van der Waals surface area contributed by atoms with Gasteiger partial charge in [-0.1, -0.05) is 63.4 Å². The van der Waals surface area contributed by atoms with Crippen molar-refractivity contribution in [3.63, 3.8) is 0 Å². The summed E-state index contributed by atoms with van der Waals surface area (Å²) in [6.45, 7) is 0. The van der Waals surface area contributed by atoms with Crippen molar-refractivity contribution in [1.82, 2.24) is 0 Å². The maximum atomic E-state index is 12.2. The van der Waals surface area contributed by atoms with Crippen LogP contribution >= 0.6 is 39.1 Å². The number of carbonyl (C=O) groups is 1. The second-order valence-electron chi connectivity index (χ2n) is 4.17. The first-order chi connectivity index (χ1) is 9.06. The molecule has 0 spiro atoms. The lowest BCUT2D eigenvalue weighted by atomic mass is 10.0. The molecule has 0 bridgehead atoms. The first-order valence-corrected chi connectivity index (χ1v) is 7.42. The zero-order valence-corrected chi connectivity index (χ0v) is 13.0. The first kappa shape index (κ1) is 14.6. The van der Waals surface area contributed by atoms with E-state index in [0.29, 0.717) is 22.0 Å². The SMILES string of the molecule is O=C(c1cccc(Cl)c1)C(Br)Cc1ccc(Cl)cc1. The second kappa shape index (κ2) is 6.56. The number of Topliss-reactive ketones (excluding diaryl/α,β-unsaturated/α-hetero) is 1. The van der Waals surface area contributed by atoms with Crippen molar-refractivity contribution in [3.05, 3.63) is 69.7 Å². The van der Waals surface area contributed by atoms with Gasteiger partial charge in [-0.25, -0.2) is 0 Å². The number of hydrogen-bond donors (Lipinski definition) is 0. The van der Waals surface area contributed by atoms with Crippen LogP contribution in [0.4, 0.5) is 0 Å². The standard InChI is InChI=1S/C15H11BrCl2O/c16-14(8-10-4-6-12(17)7-5-10)15(19)11-2-1-3-13(18)9-11/h1-7,9,14H,8H2. The Balaban J connectivity index is 2.09. The highest BCUT2D eigenvalue weighted by Gasteiger charge is 2.17. The van der Waals surface area contributed by atoms with E-state index >= 15 is 0 Å². The maximum absolute atomic E-state index is 12.2. The summed E-state index contributed by atoms with van der Waals surface area (Å²) < 4.78 is 0. The molecule has 19 heavy (non-hydrogen) atoms. The Kier molecular flexibility index (Phi) is 5.03. The number of benzene rings is 2. The summed E-state index contributed by atoms with van der Waals surface area (Å²) in [4.78, 5) is 12.0. The number of hydrogen-bond acceptors (Lipinski definition) is 1. The summed E-state index contributed by atoms with van der Waals surface area (Å²) >= 11 is 15.2. The Morgan fingerprint density at radius 2 is 1.74 bits per heavy atom. The van der Waals surface area contributed by atoms with Gasteiger partial charge in [-0.2, -0.15) is 0 Å². The molecule has 2 rings (SSSR count). The fourth-order valence-electron chi connectivity index (χ4n) is 1.74. The molecular weight excluding hydrogens is 347 g/mol. The van der Waals surface area contributed by atoms with Gasteiger partial charge in [0.2, 0.25) is 0 Å². The average Bonchev–Trinajstić information content (AvgIpc) is 2.40. The van der Waals surface area contributed by atoms with Crippen LogP contribution in [0.5, 0.6) is 0 Å². The Morgan fingerprint density at radius 1 is 1.05 bits per heavy atom. The van der Waals surface area contributed by atoms with E-state index in [1.807, 2.05) is 24.3 Å². The zero-order valence-electron chi connectivity index (χ0n) is 9.95. The highest BCUT2D eigenvalue weighted by molar-refractivity contribution is 9.10. The lowest BCUT2D eigenvalue weighted by Gasteiger charge is -2.09. The summed E-state index contributed by atoms with van der Waals surface area (Å²) in [5.41, 5.74) is 1.67. The lowest BCUT2D eigenvalue weighted by Crippen LogP contribution is -2.16. The molecule has 0 amide bonds. The highest BCUT2D eigenvalue weighted by atomic mass is 79.9. The normalized spacial score (nSPS) is 12.2. The van der Waals surface area contributed by atoms with Gasteiger partial charge < -0.3 is 0 Å². The maximum Gasteiger partial charge on any atom is 0.176 e. The minimum Gasteiger partial charge on any atom is -0.293 e. The molecule has 2 aromatic rings. The topological polar surface area (TPSA) is 17.1 Å². The summed E-state index contributed by atoms with van der Waals surface area (Å²) in [7, 11) is 0. The van der Waals surface area contributed by atoms with Crippen LogP contribution in [0.1, 0.15) is 15.9 Å². The third-order valence-electron chi connectivity index (χ3n) is 2.72. The molecule has 0 aromatic heterocycles. The largest absolute Gasteiger partial charge is 0.293 e. The van der Waals surface area contributed by atoms with Crippen molar-refractivity contribution in [2.24, 2.45) is 0 Å². The van der Waals surface area contributed by atoms with E-state index in [0.717, 1.165) is 5.56 Å². The van der Waals surface area contributed by atoms with E-state index in [9.17, 15) is 4.79 Å². The molecule has 0 N–H and O–H groups in total. The van der Waals surface area contributed by atoms with Gasteiger partial charge in [0.25, 0.3) is 0 Å². The predicted octanol–water partition coefficient (Wildman–Crippen LogP) is 5.18. The molecule has 1 atom stereocenters. The van der Waals surface area contributed by atoms with Gasteiger partial charge in [-0.3, -0.25) is 4.79 Å². The van der Waals surface area contributed by atoms with Crippen molar-refractivity contribution in [3.8, 4) is 0 Å². The van der Waals surface area contributed by atoms with Crippen molar-refractivity contribution in [1.29, 1.82) is 0 Å². The smallest absolute Gasteiger partial charge is 0.176 e. The molecule has 0 saturated carbocycles. The van der Waals surface area contributed by atoms with Gasteiger partial charge in [0.1, 0.15) is 0 Å². The number of alkyl halides is 1. The quantitative estimate of drug-likeness (QED) is 0.544. The molecule has 0 radical (unpaired) electrons. The van der Waals surface area contributed by atoms with Gasteiger partial charge >= 0.3 is 0 Å². The van der Waals surface area contributed by atoms with E-state index in [1.165, 1.54) is 0 Å². The summed E-state index contributed by atoms with van der Waals surface area (Å²) in [5.74, 6) is 0.0254. The van der Waals surface area contributed by atoms with E-state index in [2.05, 4.69) is 15.9 Å². The van der Waals surface area contributed by atoms with Crippen LogP contribution in [-0.2, 0) is 6.42 Å². The molecule has 0 aliphatic carbocycles. The third kappa shape index (κ3) is 4.07. The van der Waals surface area contributed by atoms with Crippen LogP contribution in [0.3, 0.4) is 0 Å². The first-order valence-electron chi connectivity index (χ1n) is 5.74. The molecular formula is C15H11BrCl2O. The highest BCUT2D eigenvalue weighted by Crippen LogP contribution is 2.19. The minimum absolute atomic E-state index is 0.0254. The fraction of sp³-hybridized carbons (Fsp3) is 0.133. The van der Waals surface area contributed by atoms with E-state index in [4.69, 9.17) is 23.2 Å². The van der Waals surface area contributed by atoms with Gasteiger partial charge in [-0.05, 0) is 36.2 Å². The molecule has 0 saturated heterocycles. The van der Waals surface area contributed by atoms with Crippen molar-refractivity contribution >= 4 is 44.9 Å². The molecule has 1 unspecified atom stereocenters. The summed E-state index contributed by atoms with van der Waals surface area (Å²) in [6.07, 6.45) is 0.614. The molecule has 0 aliphatic heterocycles. The molecule has 98 valence electrons. The van der Waals surface area contributed by atoms with Crippen LogP contribution in [0, 0.1) is 0 Å². The molecule has 0 aliphatic rings. The van der Waals surface area contributed by atoms with Gasteiger partial charge in [-0.15, -0.1) is 0 Å². The van der Waals surface area contributed by atoms with Crippen molar-refractivity contribution in [2.45, 2.75) is 11.2 Å². The Labute approximate surface area is 130 Å². The number of halogens is 3. The second-order valence-corrected chi connectivity index (χ2v) is 6.15. The molecule has 0 fully saturated rings. The van der Waals surface area contributed by atoms with Gasteiger partial charge in [0.05, 0.1) is 4.83 Å². The van der Waals surface area contributed by atoms with Crippen LogP contribution in [0.25, 0.3) is 0 Å². The molecule has 4 heteroatoms. The van der Waals surface area contributed by atoms with Crippen LogP contribution < -0.4 is 0 Å². The summed E-state index contributed by atoms with van der Waals surface area (Å²) in [6, 6.07) is 14.5. The van der Waals surface area contributed by atoms with Crippen LogP contribution in [0.2, 0.25) is 10.0 Å². The lowest BCUT2D eigenvalue weighted by molar-refractivity contribution is 0.0991. The van der Waals surface area contributed by atoms with Crippen LogP contribution in [0.15, 0.2) is 48.5 Å². The number of carbonyl (C=O) groups excluding carboxylic acids is 1. The predicted molar refractivity (Wildman–Crippen MR) is 83.7 cm³/mol. The van der Waals surface area contributed by atoms with E-state index in [1.54, 1.807) is 24.3 Å². The monoisotopic (exact) mass is 356 g/mol. The number of ketones is 1. The Morgan fingerprint density at radius 3 is 2.37 bits per heavy atom. The third-order valence-corrected chi connectivity index (χ3v) is 3.95. The molecule has 0 heterocycles.